The smallest absolute Gasteiger partial charge is 0.310 e. The predicted molar refractivity (Wildman–Crippen MR) is 79.9 cm³/mol. The fourth-order valence-electron chi connectivity index (χ4n) is 1.93. The number of nitro groups is 1. The first-order chi connectivity index (χ1) is 10.5. The molecule has 0 aliphatic rings. The summed E-state index contributed by atoms with van der Waals surface area (Å²) < 4.78 is 5.01. The van der Waals surface area contributed by atoms with Crippen LogP contribution in [0.25, 0.3) is 0 Å². The van der Waals surface area contributed by atoms with Crippen LogP contribution in [0.15, 0.2) is 42.5 Å². The van der Waals surface area contributed by atoms with Gasteiger partial charge in [0.05, 0.1) is 11.5 Å². The summed E-state index contributed by atoms with van der Waals surface area (Å²) in [5.74, 6) is -1.02. The second-order valence-electron chi connectivity index (χ2n) is 4.55. The van der Waals surface area contributed by atoms with E-state index in [1.54, 1.807) is 25.3 Å². The SMILES string of the molecule is COCc1cccc(NC(=O)c2ccc([N+](=O)[O-])c(O)c2)c1. The highest BCUT2D eigenvalue weighted by Crippen LogP contribution is 2.26. The summed E-state index contributed by atoms with van der Waals surface area (Å²) in [5, 5.41) is 22.8. The third kappa shape index (κ3) is 3.58. The Kier molecular flexibility index (Phi) is 4.70. The Bertz CT molecular complexity index is 715. The maximum Gasteiger partial charge on any atom is 0.310 e. The molecule has 2 N–H and O–H groups in total. The van der Waals surface area contributed by atoms with Crippen LogP contribution in [0.3, 0.4) is 0 Å². The number of amides is 1. The standard InChI is InChI=1S/C15H14N2O5/c1-22-9-10-3-2-4-12(7-10)16-15(19)11-5-6-13(17(20)21)14(18)8-11/h2-8,18H,9H2,1H3,(H,16,19). The molecule has 1 amide bonds. The summed E-state index contributed by atoms with van der Waals surface area (Å²) in [6.07, 6.45) is 0. The van der Waals surface area contributed by atoms with Gasteiger partial charge in [0.25, 0.3) is 5.91 Å². The second-order valence-corrected chi connectivity index (χ2v) is 4.55. The van der Waals surface area contributed by atoms with Crippen LogP contribution in [0.5, 0.6) is 5.75 Å². The van der Waals surface area contributed by atoms with E-state index in [2.05, 4.69) is 5.32 Å². The van der Waals surface area contributed by atoms with E-state index in [9.17, 15) is 20.0 Å². The number of aromatic hydroxyl groups is 1. The molecule has 0 atom stereocenters. The van der Waals surface area contributed by atoms with E-state index in [4.69, 9.17) is 4.74 Å². The molecule has 0 radical (unpaired) electrons. The van der Waals surface area contributed by atoms with Crippen LogP contribution in [0.4, 0.5) is 11.4 Å². The molecule has 22 heavy (non-hydrogen) atoms. The number of ether oxygens (including phenoxy) is 1. The fraction of sp³-hybridized carbons (Fsp3) is 0.133. The first kappa shape index (κ1) is 15.5. The lowest BCUT2D eigenvalue weighted by molar-refractivity contribution is -0.385. The van der Waals surface area contributed by atoms with Crippen molar-refractivity contribution < 1.29 is 19.6 Å². The Morgan fingerprint density at radius 3 is 2.73 bits per heavy atom. The quantitative estimate of drug-likeness (QED) is 0.653. The summed E-state index contributed by atoms with van der Waals surface area (Å²) in [4.78, 5) is 22.0. The summed E-state index contributed by atoms with van der Waals surface area (Å²) in [6.45, 7) is 0.419. The second kappa shape index (κ2) is 6.68. The Hall–Kier alpha value is -2.93. The number of phenolic OH excluding ortho intramolecular Hbond substituents is 1. The highest BCUT2D eigenvalue weighted by Gasteiger charge is 2.16. The lowest BCUT2D eigenvalue weighted by Gasteiger charge is -2.07. The minimum absolute atomic E-state index is 0.125. The van der Waals surface area contributed by atoms with Crippen LogP contribution in [-0.2, 0) is 11.3 Å². The van der Waals surface area contributed by atoms with E-state index in [-0.39, 0.29) is 5.56 Å². The molecule has 0 heterocycles. The summed E-state index contributed by atoms with van der Waals surface area (Å²) in [6, 6.07) is 10.5. The van der Waals surface area contributed by atoms with E-state index in [1.807, 2.05) is 6.07 Å². The van der Waals surface area contributed by atoms with Gasteiger partial charge < -0.3 is 15.2 Å². The van der Waals surface area contributed by atoms with Crippen molar-refractivity contribution in [3.8, 4) is 5.75 Å². The summed E-state index contributed by atoms with van der Waals surface area (Å²) in [7, 11) is 1.57. The molecular weight excluding hydrogens is 288 g/mol. The first-order valence-corrected chi connectivity index (χ1v) is 6.38. The Morgan fingerprint density at radius 2 is 2.09 bits per heavy atom. The lowest BCUT2D eigenvalue weighted by Crippen LogP contribution is -2.12. The number of benzene rings is 2. The minimum Gasteiger partial charge on any atom is -0.502 e. The molecule has 0 aliphatic heterocycles. The molecule has 2 aromatic carbocycles. The molecule has 2 rings (SSSR count). The maximum absolute atomic E-state index is 12.1. The topological polar surface area (TPSA) is 102 Å². The Balaban J connectivity index is 2.17. The zero-order chi connectivity index (χ0) is 16.1. The van der Waals surface area contributed by atoms with Crippen molar-refractivity contribution in [3.63, 3.8) is 0 Å². The molecule has 0 bridgehead atoms. The van der Waals surface area contributed by atoms with Gasteiger partial charge in [-0.15, -0.1) is 0 Å². The average Bonchev–Trinajstić information content (AvgIpc) is 2.47. The molecule has 0 fully saturated rings. The predicted octanol–water partition coefficient (Wildman–Crippen LogP) is 2.70. The number of carbonyl (C=O) groups excluding carboxylic acids is 1. The molecule has 7 nitrogen and oxygen atoms in total. The highest BCUT2D eigenvalue weighted by molar-refractivity contribution is 6.04. The van der Waals surface area contributed by atoms with Crippen molar-refractivity contribution in [3.05, 3.63) is 63.7 Å². The number of nitro benzene ring substituents is 1. The van der Waals surface area contributed by atoms with E-state index < -0.39 is 22.3 Å². The number of hydrogen-bond donors (Lipinski definition) is 2. The first-order valence-electron chi connectivity index (χ1n) is 6.38. The van der Waals surface area contributed by atoms with E-state index >= 15 is 0 Å². The van der Waals surface area contributed by atoms with Crippen molar-refractivity contribution in [2.75, 3.05) is 12.4 Å². The molecule has 0 saturated carbocycles. The third-order valence-corrected chi connectivity index (χ3v) is 2.93. The number of phenols is 1. The van der Waals surface area contributed by atoms with Gasteiger partial charge in [0.1, 0.15) is 0 Å². The van der Waals surface area contributed by atoms with Gasteiger partial charge in [0.2, 0.25) is 0 Å². The zero-order valence-corrected chi connectivity index (χ0v) is 11.8. The molecule has 0 spiro atoms. The highest BCUT2D eigenvalue weighted by atomic mass is 16.6. The van der Waals surface area contributed by atoms with Gasteiger partial charge in [0.15, 0.2) is 5.75 Å². The number of anilines is 1. The maximum atomic E-state index is 12.1. The number of carbonyl (C=O) groups is 1. The van der Waals surface area contributed by atoms with Gasteiger partial charge in [-0.2, -0.15) is 0 Å². The van der Waals surface area contributed by atoms with Crippen LogP contribution >= 0.6 is 0 Å². The van der Waals surface area contributed by atoms with Crippen LogP contribution in [0, 0.1) is 10.1 Å². The van der Waals surface area contributed by atoms with Crippen LogP contribution in [-0.4, -0.2) is 23.0 Å². The largest absolute Gasteiger partial charge is 0.502 e. The molecule has 0 aliphatic carbocycles. The fourth-order valence-corrected chi connectivity index (χ4v) is 1.93. The Labute approximate surface area is 126 Å². The van der Waals surface area contributed by atoms with Crippen molar-refractivity contribution in [2.45, 2.75) is 6.61 Å². The lowest BCUT2D eigenvalue weighted by atomic mass is 10.1. The van der Waals surface area contributed by atoms with Crippen molar-refractivity contribution >= 4 is 17.3 Å². The minimum atomic E-state index is -0.717. The average molecular weight is 302 g/mol. The van der Waals surface area contributed by atoms with Gasteiger partial charge in [-0.25, -0.2) is 0 Å². The summed E-state index contributed by atoms with van der Waals surface area (Å²) >= 11 is 0. The van der Waals surface area contributed by atoms with E-state index in [0.717, 1.165) is 17.7 Å². The van der Waals surface area contributed by atoms with Crippen LogP contribution in [0.1, 0.15) is 15.9 Å². The number of rotatable bonds is 5. The number of methoxy groups -OCH3 is 1. The van der Waals surface area contributed by atoms with Gasteiger partial charge in [-0.1, -0.05) is 12.1 Å². The monoisotopic (exact) mass is 302 g/mol. The third-order valence-electron chi connectivity index (χ3n) is 2.93. The molecule has 7 heteroatoms. The number of hydrogen-bond acceptors (Lipinski definition) is 5. The van der Waals surface area contributed by atoms with Crippen molar-refractivity contribution in [1.82, 2.24) is 0 Å². The number of nitrogens with one attached hydrogen (secondary N) is 1. The van der Waals surface area contributed by atoms with Gasteiger partial charge >= 0.3 is 5.69 Å². The van der Waals surface area contributed by atoms with Crippen LogP contribution in [0.2, 0.25) is 0 Å². The van der Waals surface area contributed by atoms with Crippen molar-refractivity contribution in [1.29, 1.82) is 0 Å². The van der Waals surface area contributed by atoms with Gasteiger partial charge in [-0.3, -0.25) is 14.9 Å². The van der Waals surface area contributed by atoms with E-state index in [0.29, 0.717) is 12.3 Å². The molecular formula is C15H14N2O5. The molecule has 114 valence electrons. The normalized spacial score (nSPS) is 10.2. The van der Waals surface area contributed by atoms with Crippen molar-refractivity contribution in [2.24, 2.45) is 0 Å². The zero-order valence-electron chi connectivity index (χ0n) is 11.8. The molecule has 0 saturated heterocycles. The van der Waals surface area contributed by atoms with Gasteiger partial charge in [-0.05, 0) is 29.8 Å². The van der Waals surface area contributed by atoms with Crippen LogP contribution < -0.4 is 5.32 Å². The molecule has 2 aromatic rings. The van der Waals surface area contributed by atoms with E-state index in [1.165, 1.54) is 6.07 Å². The Morgan fingerprint density at radius 1 is 1.32 bits per heavy atom. The number of nitrogens with zero attached hydrogens (tertiary/aromatic N) is 1. The molecule has 0 unspecified atom stereocenters. The van der Waals surface area contributed by atoms with Gasteiger partial charge in [0, 0.05) is 24.4 Å². The summed E-state index contributed by atoms with van der Waals surface area (Å²) in [5.41, 5.74) is 1.14. The molecule has 0 aromatic heterocycles.